The molecule has 0 spiro atoms. The van der Waals surface area contributed by atoms with Crippen LogP contribution >= 0.6 is 0 Å². The van der Waals surface area contributed by atoms with Gasteiger partial charge in [0, 0.05) is 6.20 Å². The van der Waals surface area contributed by atoms with E-state index in [0.717, 1.165) is 12.8 Å². The molecule has 0 aliphatic carbocycles. The summed E-state index contributed by atoms with van der Waals surface area (Å²) < 4.78 is 6.64. The van der Waals surface area contributed by atoms with E-state index in [1.54, 1.807) is 6.20 Å². The molecule has 0 aliphatic heterocycles. The van der Waals surface area contributed by atoms with Crippen LogP contribution < -0.4 is 5.73 Å². The zero-order chi connectivity index (χ0) is 12.0. The van der Waals surface area contributed by atoms with E-state index in [4.69, 9.17) is 10.5 Å². The van der Waals surface area contributed by atoms with Crippen molar-refractivity contribution in [3.63, 3.8) is 0 Å². The number of hydrogen-bond acceptors (Lipinski definition) is 4. The number of carbonyl (C=O) groups excluding carboxylic acids is 1. The molecule has 5 heteroatoms. The van der Waals surface area contributed by atoms with Gasteiger partial charge in [-0.25, -0.2) is 0 Å². The summed E-state index contributed by atoms with van der Waals surface area (Å²) in [5.74, 6) is 0.182. The van der Waals surface area contributed by atoms with Crippen molar-refractivity contribution in [2.75, 3.05) is 12.3 Å². The van der Waals surface area contributed by atoms with E-state index in [9.17, 15) is 4.79 Å². The van der Waals surface area contributed by atoms with Crippen LogP contribution in [0.5, 0.6) is 0 Å². The van der Waals surface area contributed by atoms with Crippen molar-refractivity contribution in [3.05, 3.63) is 12.4 Å². The first kappa shape index (κ1) is 12.5. The van der Waals surface area contributed by atoms with Gasteiger partial charge >= 0.3 is 5.97 Å². The van der Waals surface area contributed by atoms with Crippen LogP contribution in [-0.2, 0) is 16.1 Å². The monoisotopic (exact) mass is 225 g/mol. The molecule has 0 saturated carbocycles. The first-order chi connectivity index (χ1) is 7.65. The largest absolute Gasteiger partial charge is 0.464 e. The van der Waals surface area contributed by atoms with Gasteiger partial charge in [0.15, 0.2) is 0 Å². The van der Waals surface area contributed by atoms with Crippen LogP contribution in [0.25, 0.3) is 0 Å². The molecule has 90 valence electrons. The van der Waals surface area contributed by atoms with E-state index < -0.39 is 0 Å². The number of nitrogen functional groups attached to an aromatic ring is 1. The number of nitrogens with two attached hydrogens (primary N) is 1. The summed E-state index contributed by atoms with van der Waals surface area (Å²) in [6, 6.07) is 0. The Morgan fingerprint density at radius 1 is 1.56 bits per heavy atom. The minimum atomic E-state index is -0.269. The zero-order valence-corrected chi connectivity index (χ0v) is 9.85. The first-order valence-corrected chi connectivity index (χ1v) is 5.59. The molecule has 0 atom stereocenters. The number of nitrogens with zero attached hydrogens (tertiary/aromatic N) is 2. The van der Waals surface area contributed by atoms with Gasteiger partial charge in [-0.15, -0.1) is 0 Å². The minimum Gasteiger partial charge on any atom is -0.464 e. The molecule has 1 heterocycles. The number of rotatable bonds is 6. The first-order valence-electron chi connectivity index (χ1n) is 5.59. The van der Waals surface area contributed by atoms with Gasteiger partial charge in [0.25, 0.3) is 0 Å². The Bertz CT molecular complexity index is 332. The molecular weight excluding hydrogens is 206 g/mol. The third kappa shape index (κ3) is 3.92. The molecule has 5 nitrogen and oxygen atoms in total. The SMILES string of the molecule is CCC(CC)COC(=O)Cn1cc(N)cn1. The topological polar surface area (TPSA) is 70.1 Å². The van der Waals surface area contributed by atoms with Gasteiger partial charge in [-0.1, -0.05) is 26.7 Å². The Morgan fingerprint density at radius 3 is 2.75 bits per heavy atom. The fourth-order valence-corrected chi connectivity index (χ4v) is 1.38. The molecule has 0 radical (unpaired) electrons. The average Bonchev–Trinajstić information content (AvgIpc) is 2.65. The summed E-state index contributed by atoms with van der Waals surface area (Å²) >= 11 is 0. The second-order valence-electron chi connectivity index (χ2n) is 3.84. The van der Waals surface area contributed by atoms with Crippen LogP contribution in [0.1, 0.15) is 26.7 Å². The molecule has 1 rings (SSSR count). The van der Waals surface area contributed by atoms with Crippen LogP contribution in [0.4, 0.5) is 5.69 Å². The second-order valence-corrected chi connectivity index (χ2v) is 3.84. The van der Waals surface area contributed by atoms with Gasteiger partial charge in [-0.2, -0.15) is 5.10 Å². The van der Waals surface area contributed by atoms with Crippen molar-refractivity contribution < 1.29 is 9.53 Å². The van der Waals surface area contributed by atoms with Gasteiger partial charge in [-0.05, 0) is 5.92 Å². The van der Waals surface area contributed by atoms with Crippen LogP contribution in [0, 0.1) is 5.92 Å². The third-order valence-electron chi connectivity index (χ3n) is 2.58. The summed E-state index contributed by atoms with van der Waals surface area (Å²) in [5.41, 5.74) is 6.03. The number of anilines is 1. The summed E-state index contributed by atoms with van der Waals surface area (Å²) in [6.07, 6.45) is 5.17. The summed E-state index contributed by atoms with van der Waals surface area (Å²) in [4.78, 5) is 11.4. The molecule has 16 heavy (non-hydrogen) atoms. The lowest BCUT2D eigenvalue weighted by molar-refractivity contribution is -0.146. The van der Waals surface area contributed by atoms with E-state index in [1.807, 2.05) is 0 Å². The van der Waals surface area contributed by atoms with Crippen molar-refractivity contribution in [1.82, 2.24) is 9.78 Å². The molecule has 0 aromatic carbocycles. The van der Waals surface area contributed by atoms with Crippen molar-refractivity contribution in [1.29, 1.82) is 0 Å². The molecular formula is C11H19N3O2. The maximum absolute atomic E-state index is 11.4. The predicted molar refractivity (Wildman–Crippen MR) is 61.7 cm³/mol. The summed E-state index contributed by atoms with van der Waals surface area (Å²) in [6.45, 7) is 4.80. The lowest BCUT2D eigenvalue weighted by atomic mass is 10.1. The quantitative estimate of drug-likeness (QED) is 0.744. The van der Waals surface area contributed by atoms with Crippen molar-refractivity contribution in [3.8, 4) is 0 Å². The van der Waals surface area contributed by atoms with E-state index in [2.05, 4.69) is 18.9 Å². The maximum Gasteiger partial charge on any atom is 0.327 e. The number of carbonyl (C=O) groups is 1. The van der Waals surface area contributed by atoms with E-state index >= 15 is 0 Å². The predicted octanol–water partition coefficient (Wildman–Crippen LogP) is 1.44. The Hall–Kier alpha value is -1.52. The lowest BCUT2D eigenvalue weighted by Gasteiger charge is -2.12. The van der Waals surface area contributed by atoms with Crippen molar-refractivity contribution >= 4 is 11.7 Å². The summed E-state index contributed by atoms with van der Waals surface area (Å²) in [7, 11) is 0. The van der Waals surface area contributed by atoms with E-state index in [-0.39, 0.29) is 12.5 Å². The van der Waals surface area contributed by atoms with Gasteiger partial charge < -0.3 is 10.5 Å². The fraction of sp³-hybridized carbons (Fsp3) is 0.636. The minimum absolute atomic E-state index is 0.122. The van der Waals surface area contributed by atoms with Crippen LogP contribution in [-0.4, -0.2) is 22.4 Å². The number of ether oxygens (including phenoxy) is 1. The number of hydrogen-bond donors (Lipinski definition) is 1. The van der Waals surface area contributed by atoms with Crippen LogP contribution in [0.3, 0.4) is 0 Å². The zero-order valence-electron chi connectivity index (χ0n) is 9.85. The number of esters is 1. The Balaban J connectivity index is 2.31. The van der Waals surface area contributed by atoms with Gasteiger partial charge in [-0.3, -0.25) is 9.48 Å². The normalized spacial score (nSPS) is 10.7. The highest BCUT2D eigenvalue weighted by Crippen LogP contribution is 2.07. The highest BCUT2D eigenvalue weighted by Gasteiger charge is 2.09. The van der Waals surface area contributed by atoms with Crippen molar-refractivity contribution in [2.24, 2.45) is 5.92 Å². The molecule has 0 bridgehead atoms. The molecule has 0 fully saturated rings. The summed E-state index contributed by atoms with van der Waals surface area (Å²) in [5, 5.41) is 3.91. The lowest BCUT2D eigenvalue weighted by Crippen LogP contribution is -2.18. The third-order valence-corrected chi connectivity index (χ3v) is 2.58. The molecule has 0 unspecified atom stereocenters. The van der Waals surface area contributed by atoms with E-state index in [0.29, 0.717) is 18.2 Å². The highest BCUT2D eigenvalue weighted by atomic mass is 16.5. The van der Waals surface area contributed by atoms with Crippen LogP contribution in [0.2, 0.25) is 0 Å². The Kier molecular flexibility index (Phi) is 4.82. The Morgan fingerprint density at radius 2 is 2.25 bits per heavy atom. The molecule has 1 aromatic rings. The smallest absolute Gasteiger partial charge is 0.327 e. The van der Waals surface area contributed by atoms with Crippen molar-refractivity contribution in [2.45, 2.75) is 33.2 Å². The Labute approximate surface area is 95.6 Å². The maximum atomic E-state index is 11.4. The molecule has 0 amide bonds. The molecule has 1 aromatic heterocycles. The van der Waals surface area contributed by atoms with Gasteiger partial charge in [0.1, 0.15) is 6.54 Å². The van der Waals surface area contributed by atoms with Gasteiger partial charge in [0.05, 0.1) is 18.5 Å². The molecule has 0 aliphatic rings. The highest BCUT2D eigenvalue weighted by molar-refractivity contribution is 5.69. The second kappa shape index (κ2) is 6.15. The van der Waals surface area contributed by atoms with Crippen LogP contribution in [0.15, 0.2) is 12.4 Å². The fourth-order valence-electron chi connectivity index (χ4n) is 1.38. The standard InChI is InChI=1S/C11H19N3O2/c1-3-9(4-2)8-16-11(15)7-14-6-10(12)5-13-14/h5-6,9H,3-4,7-8,12H2,1-2H3. The average molecular weight is 225 g/mol. The molecule has 0 saturated heterocycles. The number of aromatic nitrogens is 2. The molecule has 2 N–H and O–H groups in total. The van der Waals surface area contributed by atoms with E-state index in [1.165, 1.54) is 10.9 Å². The van der Waals surface area contributed by atoms with Gasteiger partial charge in [0.2, 0.25) is 0 Å².